The highest BCUT2D eigenvalue weighted by Crippen LogP contribution is 2.23. The summed E-state index contributed by atoms with van der Waals surface area (Å²) in [5, 5.41) is 9.60. The topological polar surface area (TPSA) is 73.1 Å². The third kappa shape index (κ3) is 2.22. The molecule has 0 radical (unpaired) electrons. The number of carbonyl (C=O) groups is 1. The molecule has 68 valence electrons. The predicted molar refractivity (Wildman–Crippen MR) is 48.8 cm³/mol. The zero-order valence-electron chi connectivity index (χ0n) is 6.03. The number of pyridine rings is 1. The fraction of sp³-hybridized carbons (Fsp3) is 0. The van der Waals surface area contributed by atoms with Crippen LogP contribution in [-0.2, 0) is 0 Å². The van der Waals surface area contributed by atoms with E-state index in [2.05, 4.69) is 20.9 Å². The molecule has 1 aromatic rings. The minimum Gasteiger partial charge on any atom is -0.276 e. The van der Waals surface area contributed by atoms with E-state index in [9.17, 15) is 14.9 Å². The summed E-state index contributed by atoms with van der Waals surface area (Å²) in [6.45, 7) is 0. The lowest BCUT2D eigenvalue weighted by Gasteiger charge is -1.95. The largest absolute Gasteiger partial charge is 0.302 e. The van der Waals surface area contributed by atoms with E-state index in [1.165, 1.54) is 0 Å². The van der Waals surface area contributed by atoms with Gasteiger partial charge in [-0.15, -0.1) is 0 Å². The lowest BCUT2D eigenvalue weighted by Crippen LogP contribution is -1.96. The van der Waals surface area contributed by atoms with E-state index in [4.69, 9.17) is 11.6 Å². The molecule has 0 aromatic carbocycles. The molecular formula is C6H2BrClN2O3. The van der Waals surface area contributed by atoms with E-state index >= 15 is 0 Å². The van der Waals surface area contributed by atoms with E-state index in [1.54, 1.807) is 0 Å². The highest BCUT2D eigenvalue weighted by molar-refractivity contribution is 9.10. The molecule has 0 atom stereocenters. The molecule has 0 amide bonds. The van der Waals surface area contributed by atoms with Crippen molar-refractivity contribution in [1.29, 1.82) is 0 Å². The van der Waals surface area contributed by atoms with Crippen molar-refractivity contribution in [3.63, 3.8) is 0 Å². The normalized spacial score (nSPS) is 9.69. The summed E-state index contributed by atoms with van der Waals surface area (Å²) in [5.41, 5.74) is -0.289. The molecule has 1 rings (SSSR count). The average molecular weight is 265 g/mol. The Hall–Kier alpha value is -1.01. The first-order valence-electron chi connectivity index (χ1n) is 3.02. The van der Waals surface area contributed by atoms with E-state index in [0.29, 0.717) is 0 Å². The first-order valence-corrected chi connectivity index (χ1v) is 4.19. The fourth-order valence-corrected chi connectivity index (χ4v) is 1.14. The van der Waals surface area contributed by atoms with Crippen LogP contribution in [-0.4, -0.2) is 15.1 Å². The Morgan fingerprint density at radius 3 is 2.77 bits per heavy atom. The lowest BCUT2D eigenvalue weighted by molar-refractivity contribution is -0.386. The van der Waals surface area contributed by atoms with E-state index in [1.807, 2.05) is 0 Å². The number of rotatable bonds is 2. The second-order valence-corrected chi connectivity index (χ2v) is 3.16. The smallest absolute Gasteiger partial charge is 0.276 e. The monoisotopic (exact) mass is 264 g/mol. The zero-order chi connectivity index (χ0) is 10.0. The van der Waals surface area contributed by atoms with Gasteiger partial charge in [0.2, 0.25) is 0 Å². The van der Waals surface area contributed by atoms with Crippen LogP contribution in [0.1, 0.15) is 10.4 Å². The average Bonchev–Trinajstić information content (AvgIpc) is 2.04. The Balaban J connectivity index is 3.27. The molecule has 0 aliphatic carbocycles. The first kappa shape index (κ1) is 10.1. The van der Waals surface area contributed by atoms with Gasteiger partial charge in [0, 0.05) is 12.3 Å². The molecule has 0 saturated carbocycles. The summed E-state index contributed by atoms with van der Waals surface area (Å²) >= 11 is 7.99. The molecule has 0 unspecified atom stereocenters. The van der Waals surface area contributed by atoms with E-state index in [0.717, 1.165) is 12.3 Å². The SMILES string of the molecule is O=C(Cl)c1cnc(Br)c([N+](=O)[O-])c1. The van der Waals surface area contributed by atoms with Crippen LogP contribution in [0.2, 0.25) is 0 Å². The van der Waals surface area contributed by atoms with Gasteiger partial charge in [0.25, 0.3) is 5.24 Å². The number of nitrogens with zero attached hydrogens (tertiary/aromatic N) is 2. The number of aromatic nitrogens is 1. The molecule has 0 bridgehead atoms. The fourth-order valence-electron chi connectivity index (χ4n) is 0.672. The van der Waals surface area contributed by atoms with Crippen molar-refractivity contribution < 1.29 is 9.72 Å². The van der Waals surface area contributed by atoms with Gasteiger partial charge in [-0.3, -0.25) is 14.9 Å². The Morgan fingerprint density at radius 2 is 2.31 bits per heavy atom. The van der Waals surface area contributed by atoms with Gasteiger partial charge in [0.15, 0.2) is 4.60 Å². The number of hydrogen-bond donors (Lipinski definition) is 0. The van der Waals surface area contributed by atoms with Crippen molar-refractivity contribution in [1.82, 2.24) is 4.98 Å². The molecule has 1 aromatic heterocycles. The number of halogens is 2. The summed E-state index contributed by atoms with van der Waals surface area (Å²) in [7, 11) is 0. The van der Waals surface area contributed by atoms with Crippen LogP contribution < -0.4 is 0 Å². The summed E-state index contributed by atoms with van der Waals surface area (Å²) in [4.78, 5) is 23.9. The number of hydrogen-bond acceptors (Lipinski definition) is 4. The Kier molecular flexibility index (Phi) is 2.94. The molecule has 0 saturated heterocycles. The van der Waals surface area contributed by atoms with Crippen molar-refractivity contribution in [3.05, 3.63) is 32.5 Å². The van der Waals surface area contributed by atoms with Gasteiger partial charge in [0.1, 0.15) is 0 Å². The zero-order valence-corrected chi connectivity index (χ0v) is 8.37. The van der Waals surface area contributed by atoms with Crippen molar-refractivity contribution in [3.8, 4) is 0 Å². The van der Waals surface area contributed by atoms with Crippen LogP contribution in [0.5, 0.6) is 0 Å². The molecule has 0 fully saturated rings. The van der Waals surface area contributed by atoms with Crippen LogP contribution in [0.3, 0.4) is 0 Å². The van der Waals surface area contributed by atoms with E-state index in [-0.39, 0.29) is 15.9 Å². The van der Waals surface area contributed by atoms with Gasteiger partial charge in [-0.05, 0) is 27.5 Å². The quantitative estimate of drug-likeness (QED) is 0.355. The van der Waals surface area contributed by atoms with Crippen molar-refractivity contribution in [2.45, 2.75) is 0 Å². The van der Waals surface area contributed by atoms with Crippen LogP contribution in [0.4, 0.5) is 5.69 Å². The van der Waals surface area contributed by atoms with Crippen LogP contribution in [0.25, 0.3) is 0 Å². The summed E-state index contributed by atoms with van der Waals surface area (Å²) in [6.07, 6.45) is 1.16. The standard InChI is InChI=1S/C6H2BrClN2O3/c7-5-4(10(12)13)1-3(2-9-5)6(8)11/h1-2H. The summed E-state index contributed by atoms with van der Waals surface area (Å²) < 4.78 is 0.0687. The molecular weight excluding hydrogens is 263 g/mol. The summed E-state index contributed by atoms with van der Waals surface area (Å²) in [5.74, 6) is 0. The van der Waals surface area contributed by atoms with Gasteiger partial charge in [0.05, 0.1) is 10.5 Å². The highest BCUT2D eigenvalue weighted by Gasteiger charge is 2.15. The maximum absolute atomic E-state index is 10.6. The molecule has 0 aliphatic rings. The third-order valence-electron chi connectivity index (χ3n) is 1.24. The van der Waals surface area contributed by atoms with Gasteiger partial charge in [-0.1, -0.05) is 0 Å². The molecule has 7 heteroatoms. The molecule has 13 heavy (non-hydrogen) atoms. The van der Waals surface area contributed by atoms with Crippen LogP contribution in [0.15, 0.2) is 16.9 Å². The molecule has 0 spiro atoms. The second-order valence-electron chi connectivity index (χ2n) is 2.06. The van der Waals surface area contributed by atoms with Crippen molar-refractivity contribution in [2.75, 3.05) is 0 Å². The predicted octanol–water partition coefficient (Wildman–Crippen LogP) is 2.13. The minimum absolute atomic E-state index is 0.00318. The minimum atomic E-state index is -0.775. The van der Waals surface area contributed by atoms with Gasteiger partial charge in [-0.2, -0.15) is 0 Å². The van der Waals surface area contributed by atoms with Gasteiger partial charge < -0.3 is 0 Å². The second kappa shape index (κ2) is 3.80. The first-order chi connectivity index (χ1) is 6.02. The Labute approximate surface area is 86.0 Å². The third-order valence-corrected chi connectivity index (χ3v) is 2.07. The molecule has 0 aliphatic heterocycles. The number of nitro groups is 1. The highest BCUT2D eigenvalue weighted by atomic mass is 79.9. The Bertz CT molecular complexity index is 382. The van der Waals surface area contributed by atoms with Crippen LogP contribution >= 0.6 is 27.5 Å². The number of carbonyl (C=O) groups excluding carboxylic acids is 1. The van der Waals surface area contributed by atoms with Gasteiger partial charge >= 0.3 is 5.69 Å². The van der Waals surface area contributed by atoms with Crippen molar-refractivity contribution >= 4 is 38.5 Å². The maximum atomic E-state index is 10.6. The van der Waals surface area contributed by atoms with Crippen molar-refractivity contribution in [2.24, 2.45) is 0 Å². The molecule has 1 heterocycles. The lowest BCUT2D eigenvalue weighted by atomic mass is 10.3. The summed E-state index contributed by atoms with van der Waals surface area (Å²) in [6, 6.07) is 1.06. The maximum Gasteiger partial charge on any atom is 0.302 e. The van der Waals surface area contributed by atoms with E-state index < -0.39 is 10.2 Å². The molecule has 5 nitrogen and oxygen atoms in total. The Morgan fingerprint density at radius 1 is 1.69 bits per heavy atom. The van der Waals surface area contributed by atoms with Crippen LogP contribution in [0, 0.1) is 10.1 Å². The van der Waals surface area contributed by atoms with Gasteiger partial charge in [-0.25, -0.2) is 4.98 Å². The molecule has 0 N–H and O–H groups in total.